The van der Waals surface area contributed by atoms with E-state index in [0.717, 1.165) is 12.2 Å². The van der Waals surface area contributed by atoms with Crippen LogP contribution < -0.4 is 10.6 Å². The Morgan fingerprint density at radius 3 is 2.65 bits per heavy atom. The highest BCUT2D eigenvalue weighted by molar-refractivity contribution is 6.31. The van der Waals surface area contributed by atoms with E-state index in [2.05, 4.69) is 15.6 Å². The van der Waals surface area contributed by atoms with Crippen LogP contribution >= 0.6 is 11.6 Å². The van der Waals surface area contributed by atoms with E-state index < -0.39 is 5.82 Å². The second-order valence-electron chi connectivity index (χ2n) is 4.05. The standard InChI is InChI=1S/C14H13ClFN3O/c1-2-17-10-4-6-13(18-8-10)14(20)19-9-3-5-12(16)11(15)7-9/h3-8,17H,2H2,1H3,(H,19,20). The summed E-state index contributed by atoms with van der Waals surface area (Å²) in [4.78, 5) is 16.0. The quantitative estimate of drug-likeness (QED) is 0.906. The molecule has 104 valence electrons. The van der Waals surface area contributed by atoms with Gasteiger partial charge in [-0.05, 0) is 37.3 Å². The molecule has 0 unspecified atom stereocenters. The Hall–Kier alpha value is -2.14. The number of carbonyl (C=O) groups excluding carboxylic acids is 1. The summed E-state index contributed by atoms with van der Waals surface area (Å²) in [6, 6.07) is 7.36. The summed E-state index contributed by atoms with van der Waals surface area (Å²) >= 11 is 5.65. The van der Waals surface area contributed by atoms with Gasteiger partial charge in [-0.25, -0.2) is 9.37 Å². The molecule has 1 amide bonds. The molecule has 0 spiro atoms. The highest BCUT2D eigenvalue weighted by atomic mass is 35.5. The van der Waals surface area contributed by atoms with Crippen LogP contribution in [0.25, 0.3) is 0 Å². The largest absolute Gasteiger partial charge is 0.384 e. The highest BCUT2D eigenvalue weighted by Gasteiger charge is 2.09. The first-order valence-electron chi connectivity index (χ1n) is 6.06. The minimum atomic E-state index is -0.530. The number of carbonyl (C=O) groups is 1. The fourth-order valence-corrected chi connectivity index (χ4v) is 1.79. The number of nitrogens with one attached hydrogen (secondary N) is 2. The summed E-state index contributed by atoms with van der Waals surface area (Å²) in [7, 11) is 0. The molecular weight excluding hydrogens is 281 g/mol. The lowest BCUT2D eigenvalue weighted by atomic mass is 10.2. The monoisotopic (exact) mass is 293 g/mol. The summed E-state index contributed by atoms with van der Waals surface area (Å²) in [5.41, 5.74) is 1.53. The normalized spacial score (nSPS) is 10.2. The van der Waals surface area contributed by atoms with Crippen molar-refractivity contribution in [2.45, 2.75) is 6.92 Å². The van der Waals surface area contributed by atoms with Gasteiger partial charge in [-0.15, -0.1) is 0 Å². The number of amides is 1. The predicted octanol–water partition coefficient (Wildman–Crippen LogP) is 3.56. The van der Waals surface area contributed by atoms with Crippen molar-refractivity contribution in [3.05, 3.63) is 53.1 Å². The lowest BCUT2D eigenvalue weighted by molar-refractivity contribution is 0.102. The van der Waals surface area contributed by atoms with Gasteiger partial charge in [0.15, 0.2) is 0 Å². The van der Waals surface area contributed by atoms with Crippen molar-refractivity contribution in [2.75, 3.05) is 17.2 Å². The van der Waals surface area contributed by atoms with E-state index >= 15 is 0 Å². The number of halogens is 2. The van der Waals surface area contributed by atoms with Gasteiger partial charge in [0.1, 0.15) is 11.5 Å². The van der Waals surface area contributed by atoms with Gasteiger partial charge in [-0.1, -0.05) is 11.6 Å². The maximum atomic E-state index is 13.0. The maximum Gasteiger partial charge on any atom is 0.274 e. The van der Waals surface area contributed by atoms with Gasteiger partial charge < -0.3 is 10.6 Å². The van der Waals surface area contributed by atoms with E-state index in [9.17, 15) is 9.18 Å². The maximum absolute atomic E-state index is 13.0. The molecule has 0 aliphatic heterocycles. The van der Waals surface area contributed by atoms with Crippen LogP contribution in [-0.4, -0.2) is 17.4 Å². The topological polar surface area (TPSA) is 54.0 Å². The van der Waals surface area contributed by atoms with Crippen molar-refractivity contribution in [2.24, 2.45) is 0 Å². The molecule has 0 saturated heterocycles. The number of aromatic nitrogens is 1. The molecular formula is C14H13ClFN3O. The van der Waals surface area contributed by atoms with Crippen molar-refractivity contribution in [3.63, 3.8) is 0 Å². The van der Waals surface area contributed by atoms with Crippen LogP contribution in [-0.2, 0) is 0 Å². The van der Waals surface area contributed by atoms with Crippen LogP contribution in [0.3, 0.4) is 0 Å². The lowest BCUT2D eigenvalue weighted by Crippen LogP contribution is -2.13. The molecule has 1 aromatic carbocycles. The van der Waals surface area contributed by atoms with Crippen LogP contribution in [0.4, 0.5) is 15.8 Å². The summed E-state index contributed by atoms with van der Waals surface area (Å²) < 4.78 is 13.0. The average molecular weight is 294 g/mol. The first kappa shape index (κ1) is 14.3. The SMILES string of the molecule is CCNc1ccc(C(=O)Nc2ccc(F)c(Cl)c2)nc1. The summed E-state index contributed by atoms with van der Waals surface area (Å²) in [5, 5.41) is 5.65. The highest BCUT2D eigenvalue weighted by Crippen LogP contribution is 2.19. The molecule has 1 heterocycles. The Morgan fingerprint density at radius 2 is 2.05 bits per heavy atom. The Labute approximate surface area is 121 Å². The Balaban J connectivity index is 2.09. The Morgan fingerprint density at radius 1 is 1.30 bits per heavy atom. The van der Waals surface area contributed by atoms with Gasteiger partial charge in [0, 0.05) is 12.2 Å². The Bertz CT molecular complexity index is 616. The molecule has 0 fully saturated rings. The molecule has 2 rings (SSSR count). The average Bonchev–Trinajstić information content (AvgIpc) is 2.44. The van der Waals surface area contributed by atoms with E-state index in [4.69, 9.17) is 11.6 Å². The van der Waals surface area contributed by atoms with Crippen molar-refractivity contribution in [1.29, 1.82) is 0 Å². The molecule has 0 aliphatic carbocycles. The molecule has 6 heteroatoms. The molecule has 4 nitrogen and oxygen atoms in total. The number of nitrogens with zero attached hydrogens (tertiary/aromatic N) is 1. The predicted molar refractivity (Wildman–Crippen MR) is 77.8 cm³/mol. The zero-order chi connectivity index (χ0) is 14.5. The minimum Gasteiger partial charge on any atom is -0.384 e. The molecule has 2 N–H and O–H groups in total. The van der Waals surface area contributed by atoms with Crippen LogP contribution in [0, 0.1) is 5.82 Å². The van der Waals surface area contributed by atoms with Crippen LogP contribution in [0.1, 0.15) is 17.4 Å². The molecule has 0 radical (unpaired) electrons. The zero-order valence-corrected chi connectivity index (χ0v) is 11.5. The fraction of sp³-hybridized carbons (Fsp3) is 0.143. The first-order chi connectivity index (χ1) is 9.60. The second kappa shape index (κ2) is 6.34. The molecule has 2 aromatic rings. The van der Waals surface area contributed by atoms with Crippen LogP contribution in [0.5, 0.6) is 0 Å². The zero-order valence-electron chi connectivity index (χ0n) is 10.8. The van der Waals surface area contributed by atoms with E-state index in [1.54, 1.807) is 18.3 Å². The third kappa shape index (κ3) is 3.45. The van der Waals surface area contributed by atoms with E-state index in [0.29, 0.717) is 5.69 Å². The summed E-state index contributed by atoms with van der Waals surface area (Å²) in [6.45, 7) is 2.75. The number of benzene rings is 1. The van der Waals surface area contributed by atoms with E-state index in [1.165, 1.54) is 18.2 Å². The van der Waals surface area contributed by atoms with Gasteiger partial charge in [0.25, 0.3) is 5.91 Å². The molecule has 1 aromatic heterocycles. The number of hydrogen-bond acceptors (Lipinski definition) is 3. The fourth-order valence-electron chi connectivity index (χ4n) is 1.61. The summed E-state index contributed by atoms with van der Waals surface area (Å²) in [6.07, 6.45) is 1.58. The second-order valence-corrected chi connectivity index (χ2v) is 4.45. The third-order valence-electron chi connectivity index (χ3n) is 2.55. The summed E-state index contributed by atoms with van der Waals surface area (Å²) in [5.74, 6) is -0.909. The molecule has 0 atom stereocenters. The van der Waals surface area contributed by atoms with E-state index in [1.807, 2.05) is 6.92 Å². The minimum absolute atomic E-state index is 0.0433. The van der Waals surface area contributed by atoms with Gasteiger partial charge in [-0.2, -0.15) is 0 Å². The molecule has 0 saturated carbocycles. The van der Waals surface area contributed by atoms with Crippen LogP contribution in [0.15, 0.2) is 36.5 Å². The third-order valence-corrected chi connectivity index (χ3v) is 2.84. The molecule has 0 aliphatic rings. The van der Waals surface area contributed by atoms with Crippen molar-refractivity contribution < 1.29 is 9.18 Å². The van der Waals surface area contributed by atoms with Gasteiger partial charge in [0.2, 0.25) is 0 Å². The first-order valence-corrected chi connectivity index (χ1v) is 6.44. The van der Waals surface area contributed by atoms with Crippen molar-refractivity contribution in [3.8, 4) is 0 Å². The van der Waals surface area contributed by atoms with Gasteiger partial charge >= 0.3 is 0 Å². The lowest BCUT2D eigenvalue weighted by Gasteiger charge is -2.07. The van der Waals surface area contributed by atoms with Gasteiger partial charge in [0.05, 0.1) is 16.9 Å². The van der Waals surface area contributed by atoms with Crippen molar-refractivity contribution in [1.82, 2.24) is 4.98 Å². The Kier molecular flexibility index (Phi) is 4.53. The molecule has 0 bridgehead atoms. The van der Waals surface area contributed by atoms with Gasteiger partial charge in [-0.3, -0.25) is 4.79 Å². The smallest absolute Gasteiger partial charge is 0.274 e. The number of hydrogen-bond donors (Lipinski definition) is 2. The van der Waals surface area contributed by atoms with E-state index in [-0.39, 0.29) is 16.6 Å². The van der Waals surface area contributed by atoms with Crippen molar-refractivity contribution >= 4 is 28.9 Å². The number of rotatable bonds is 4. The van der Waals surface area contributed by atoms with Crippen LogP contribution in [0.2, 0.25) is 5.02 Å². The molecule has 20 heavy (non-hydrogen) atoms. The number of anilines is 2. The number of pyridine rings is 1.